The topological polar surface area (TPSA) is 77.2 Å². The van der Waals surface area contributed by atoms with E-state index in [0.717, 1.165) is 5.56 Å². The highest BCUT2D eigenvalue weighted by Gasteiger charge is 2.15. The second-order valence-electron chi connectivity index (χ2n) is 4.99. The largest absolute Gasteiger partial charge is 0.444 e. The Morgan fingerprint density at radius 2 is 2.21 bits per heavy atom. The van der Waals surface area contributed by atoms with Crippen molar-refractivity contribution in [3.8, 4) is 11.8 Å². The van der Waals surface area contributed by atoms with Crippen LogP contribution in [0.15, 0.2) is 18.5 Å². The molecule has 0 saturated heterocycles. The molecule has 5 heteroatoms. The van der Waals surface area contributed by atoms with Gasteiger partial charge in [-0.1, -0.05) is 11.8 Å². The average molecular weight is 261 g/mol. The van der Waals surface area contributed by atoms with E-state index in [1.165, 1.54) is 0 Å². The predicted octanol–water partition coefficient (Wildman–Crippen LogP) is 1.93. The molecule has 3 N–H and O–H groups in total. The lowest BCUT2D eigenvalue weighted by atomic mass is 10.2. The van der Waals surface area contributed by atoms with Crippen molar-refractivity contribution in [3.63, 3.8) is 0 Å². The molecule has 1 rings (SSSR count). The Morgan fingerprint density at radius 1 is 1.47 bits per heavy atom. The fraction of sp³-hybridized carbons (Fsp3) is 0.429. The van der Waals surface area contributed by atoms with Crippen molar-refractivity contribution in [2.75, 3.05) is 12.3 Å². The summed E-state index contributed by atoms with van der Waals surface area (Å²) in [7, 11) is 0. The van der Waals surface area contributed by atoms with Gasteiger partial charge in [-0.25, -0.2) is 4.79 Å². The van der Waals surface area contributed by atoms with E-state index in [-0.39, 0.29) is 0 Å². The molecule has 0 aliphatic carbocycles. The first-order valence-corrected chi connectivity index (χ1v) is 6.03. The van der Waals surface area contributed by atoms with E-state index in [0.29, 0.717) is 18.7 Å². The summed E-state index contributed by atoms with van der Waals surface area (Å²) in [5.41, 5.74) is 6.44. The molecule has 0 radical (unpaired) electrons. The highest BCUT2D eigenvalue weighted by atomic mass is 16.6. The molecule has 0 saturated carbocycles. The van der Waals surface area contributed by atoms with Crippen LogP contribution >= 0.6 is 0 Å². The van der Waals surface area contributed by atoms with Gasteiger partial charge in [0.05, 0.1) is 5.69 Å². The van der Waals surface area contributed by atoms with Gasteiger partial charge in [-0.3, -0.25) is 4.98 Å². The lowest BCUT2D eigenvalue weighted by Gasteiger charge is -2.19. The van der Waals surface area contributed by atoms with Crippen molar-refractivity contribution in [1.29, 1.82) is 0 Å². The minimum absolute atomic E-state index is 0.431. The minimum Gasteiger partial charge on any atom is -0.444 e. The number of aromatic nitrogens is 1. The molecular formula is C14H19N3O2. The van der Waals surface area contributed by atoms with E-state index in [1.54, 1.807) is 18.5 Å². The van der Waals surface area contributed by atoms with E-state index in [4.69, 9.17) is 10.5 Å². The third kappa shape index (κ3) is 6.94. The van der Waals surface area contributed by atoms with Crippen LogP contribution < -0.4 is 11.1 Å². The van der Waals surface area contributed by atoms with Gasteiger partial charge in [0.2, 0.25) is 0 Å². The maximum absolute atomic E-state index is 11.3. The highest BCUT2D eigenvalue weighted by molar-refractivity contribution is 5.67. The Morgan fingerprint density at radius 3 is 2.84 bits per heavy atom. The second kappa shape index (κ2) is 6.64. The highest BCUT2D eigenvalue weighted by Crippen LogP contribution is 2.06. The Labute approximate surface area is 113 Å². The third-order valence-electron chi connectivity index (χ3n) is 1.91. The monoisotopic (exact) mass is 261 g/mol. The van der Waals surface area contributed by atoms with Crippen LogP contribution in [0.4, 0.5) is 10.5 Å². The smallest absolute Gasteiger partial charge is 0.407 e. The fourth-order valence-corrected chi connectivity index (χ4v) is 1.23. The number of carbonyl (C=O) groups excluding carboxylic acids is 1. The average Bonchev–Trinajstić information content (AvgIpc) is 2.26. The van der Waals surface area contributed by atoms with Gasteiger partial charge in [0, 0.05) is 30.9 Å². The zero-order chi connectivity index (χ0) is 14.3. The summed E-state index contributed by atoms with van der Waals surface area (Å²) >= 11 is 0. The van der Waals surface area contributed by atoms with Crippen LogP contribution in [0.1, 0.15) is 32.8 Å². The van der Waals surface area contributed by atoms with Crippen LogP contribution in [0.5, 0.6) is 0 Å². The molecule has 19 heavy (non-hydrogen) atoms. The first-order chi connectivity index (χ1) is 8.87. The third-order valence-corrected chi connectivity index (χ3v) is 1.91. The van der Waals surface area contributed by atoms with E-state index in [2.05, 4.69) is 22.1 Å². The number of nitrogen functional groups attached to an aromatic ring is 1. The van der Waals surface area contributed by atoms with Gasteiger partial charge in [0.15, 0.2) is 0 Å². The number of carbonyl (C=O) groups is 1. The molecule has 0 spiro atoms. The summed E-state index contributed by atoms with van der Waals surface area (Å²) in [4.78, 5) is 15.3. The maximum atomic E-state index is 11.3. The van der Waals surface area contributed by atoms with Gasteiger partial charge >= 0.3 is 6.09 Å². The molecule has 0 aromatic carbocycles. The normalized spacial score (nSPS) is 10.3. The van der Waals surface area contributed by atoms with Gasteiger partial charge in [-0.15, -0.1) is 0 Å². The molecule has 1 aromatic rings. The molecular weight excluding hydrogens is 242 g/mol. The number of ether oxygens (including phenoxy) is 1. The van der Waals surface area contributed by atoms with E-state index in [9.17, 15) is 4.79 Å². The van der Waals surface area contributed by atoms with Crippen LogP contribution in [-0.4, -0.2) is 23.2 Å². The summed E-state index contributed by atoms with van der Waals surface area (Å²) in [5.74, 6) is 5.85. The molecule has 0 atom stereocenters. The molecule has 1 heterocycles. The number of nitrogens with two attached hydrogens (primary N) is 1. The summed E-state index contributed by atoms with van der Waals surface area (Å²) in [5, 5.41) is 2.63. The molecule has 0 aliphatic rings. The number of hydrogen-bond acceptors (Lipinski definition) is 4. The van der Waals surface area contributed by atoms with Crippen molar-refractivity contribution in [1.82, 2.24) is 10.3 Å². The Kier molecular flexibility index (Phi) is 5.19. The summed E-state index contributed by atoms with van der Waals surface area (Å²) < 4.78 is 5.09. The molecule has 102 valence electrons. The van der Waals surface area contributed by atoms with Crippen molar-refractivity contribution in [3.05, 3.63) is 24.0 Å². The number of pyridine rings is 1. The number of rotatable bonds is 2. The lowest BCUT2D eigenvalue weighted by Crippen LogP contribution is -2.32. The fourth-order valence-electron chi connectivity index (χ4n) is 1.23. The molecule has 1 amide bonds. The number of anilines is 1. The first-order valence-electron chi connectivity index (χ1n) is 6.03. The summed E-state index contributed by atoms with van der Waals surface area (Å²) in [6.07, 6.45) is 3.31. The second-order valence-corrected chi connectivity index (χ2v) is 4.99. The van der Waals surface area contributed by atoms with Gasteiger partial charge in [0.1, 0.15) is 5.60 Å². The molecule has 1 aromatic heterocycles. The van der Waals surface area contributed by atoms with Crippen LogP contribution in [0, 0.1) is 11.8 Å². The van der Waals surface area contributed by atoms with Crippen LogP contribution in [0.3, 0.4) is 0 Å². The van der Waals surface area contributed by atoms with E-state index in [1.807, 2.05) is 20.8 Å². The zero-order valence-electron chi connectivity index (χ0n) is 11.5. The van der Waals surface area contributed by atoms with Gasteiger partial charge in [-0.2, -0.15) is 0 Å². The number of nitrogens with one attached hydrogen (secondary N) is 1. The Balaban J connectivity index is 2.30. The standard InChI is InChI=1S/C14H19N3O2/c1-14(2,3)19-13(18)17-7-5-4-6-11-8-12(15)10-16-9-11/h8-10H,5,7,15H2,1-3H3,(H,17,18). The quantitative estimate of drug-likeness (QED) is 0.630. The van der Waals surface area contributed by atoms with Crippen molar-refractivity contribution < 1.29 is 9.53 Å². The predicted molar refractivity (Wildman–Crippen MR) is 74.4 cm³/mol. The van der Waals surface area contributed by atoms with E-state index < -0.39 is 11.7 Å². The molecule has 0 bridgehead atoms. The summed E-state index contributed by atoms with van der Waals surface area (Å²) in [6, 6.07) is 1.75. The van der Waals surface area contributed by atoms with Crippen molar-refractivity contribution in [2.24, 2.45) is 0 Å². The van der Waals surface area contributed by atoms with Crippen molar-refractivity contribution >= 4 is 11.8 Å². The first kappa shape index (κ1) is 14.8. The van der Waals surface area contributed by atoms with Crippen LogP contribution in [0.25, 0.3) is 0 Å². The number of nitrogens with zero attached hydrogens (tertiary/aromatic N) is 1. The van der Waals surface area contributed by atoms with Crippen molar-refractivity contribution in [2.45, 2.75) is 32.8 Å². The Hall–Kier alpha value is -2.22. The van der Waals surface area contributed by atoms with Gasteiger partial charge in [-0.05, 0) is 26.8 Å². The molecule has 0 fully saturated rings. The maximum Gasteiger partial charge on any atom is 0.407 e. The molecule has 0 aliphatic heterocycles. The Bertz CT molecular complexity index is 495. The van der Waals surface area contributed by atoms with Crippen LogP contribution in [0.2, 0.25) is 0 Å². The molecule has 5 nitrogen and oxygen atoms in total. The number of alkyl carbamates (subject to hydrolysis) is 1. The number of hydrogen-bond donors (Lipinski definition) is 2. The van der Waals surface area contributed by atoms with E-state index >= 15 is 0 Å². The molecule has 0 unspecified atom stereocenters. The zero-order valence-corrected chi connectivity index (χ0v) is 11.5. The van der Waals surface area contributed by atoms with Crippen LogP contribution in [-0.2, 0) is 4.74 Å². The number of amides is 1. The van der Waals surface area contributed by atoms with Gasteiger partial charge in [0.25, 0.3) is 0 Å². The van der Waals surface area contributed by atoms with Gasteiger partial charge < -0.3 is 15.8 Å². The summed E-state index contributed by atoms with van der Waals surface area (Å²) in [6.45, 7) is 5.90. The SMILES string of the molecule is CC(C)(C)OC(=O)NCCC#Cc1cncc(N)c1. The lowest BCUT2D eigenvalue weighted by molar-refractivity contribution is 0.0529. The minimum atomic E-state index is -0.483.